The maximum atomic E-state index is 13.2. The molecule has 5 aromatic rings. The van der Waals surface area contributed by atoms with Gasteiger partial charge in [0.2, 0.25) is 5.65 Å². The SMILES string of the molecule is COc1cccc(CNc2cccc3c2nc(N)c2nn(-c4ccccc4)c(=O)n23)c1. The molecule has 0 saturated carbocycles. The Morgan fingerprint density at radius 3 is 2.65 bits per heavy atom. The summed E-state index contributed by atoms with van der Waals surface area (Å²) in [5, 5.41) is 7.81. The first-order chi connectivity index (χ1) is 15.2. The van der Waals surface area contributed by atoms with Gasteiger partial charge in [-0.05, 0) is 42.0 Å². The van der Waals surface area contributed by atoms with Crippen LogP contribution < -0.4 is 21.5 Å². The third kappa shape index (κ3) is 3.24. The summed E-state index contributed by atoms with van der Waals surface area (Å²) in [7, 11) is 1.64. The van der Waals surface area contributed by atoms with Gasteiger partial charge in [-0.25, -0.2) is 14.2 Å². The van der Waals surface area contributed by atoms with E-state index in [9.17, 15) is 4.79 Å². The van der Waals surface area contributed by atoms with Crippen LogP contribution in [0.5, 0.6) is 5.75 Å². The minimum Gasteiger partial charge on any atom is -0.497 e. The Bertz CT molecular complexity index is 1460. The zero-order valence-electron chi connectivity index (χ0n) is 16.8. The Kier molecular flexibility index (Phi) is 4.51. The van der Waals surface area contributed by atoms with Gasteiger partial charge in [0.1, 0.15) is 11.3 Å². The van der Waals surface area contributed by atoms with Crippen molar-refractivity contribution in [3.63, 3.8) is 0 Å². The van der Waals surface area contributed by atoms with Gasteiger partial charge in [0.25, 0.3) is 0 Å². The van der Waals surface area contributed by atoms with Gasteiger partial charge in [0, 0.05) is 6.54 Å². The second kappa shape index (κ2) is 7.49. The van der Waals surface area contributed by atoms with Gasteiger partial charge < -0.3 is 15.8 Å². The Morgan fingerprint density at radius 1 is 1.03 bits per heavy atom. The number of hydrogen-bond donors (Lipinski definition) is 2. The van der Waals surface area contributed by atoms with Crippen LogP contribution in [0.25, 0.3) is 22.4 Å². The highest BCUT2D eigenvalue weighted by atomic mass is 16.5. The molecular formula is C23H20N6O2. The van der Waals surface area contributed by atoms with Gasteiger partial charge in [-0.2, -0.15) is 4.68 Å². The number of hydrogen-bond acceptors (Lipinski definition) is 6. The number of methoxy groups -OCH3 is 1. The topological polar surface area (TPSA) is 99.5 Å². The highest BCUT2D eigenvalue weighted by molar-refractivity contribution is 5.91. The van der Waals surface area contributed by atoms with Crippen molar-refractivity contribution < 1.29 is 4.74 Å². The van der Waals surface area contributed by atoms with E-state index in [-0.39, 0.29) is 11.5 Å². The van der Waals surface area contributed by atoms with Gasteiger partial charge in [-0.1, -0.05) is 36.4 Å². The van der Waals surface area contributed by atoms with E-state index < -0.39 is 0 Å². The Hall–Kier alpha value is -4.33. The Morgan fingerprint density at radius 2 is 1.84 bits per heavy atom. The fourth-order valence-corrected chi connectivity index (χ4v) is 3.61. The summed E-state index contributed by atoms with van der Waals surface area (Å²) in [4.78, 5) is 17.8. The molecule has 5 rings (SSSR count). The summed E-state index contributed by atoms with van der Waals surface area (Å²) in [5.41, 5.74) is 9.95. The molecule has 0 fully saturated rings. The molecule has 0 aliphatic rings. The number of rotatable bonds is 5. The maximum absolute atomic E-state index is 13.2. The predicted octanol–water partition coefficient (Wildman–Crippen LogP) is 3.24. The number of ether oxygens (including phenoxy) is 1. The van der Waals surface area contributed by atoms with Crippen molar-refractivity contribution in [3.05, 3.63) is 88.8 Å². The average Bonchev–Trinajstić information content (AvgIpc) is 3.17. The van der Waals surface area contributed by atoms with Gasteiger partial charge >= 0.3 is 5.69 Å². The van der Waals surface area contributed by atoms with Crippen LogP contribution in [0.1, 0.15) is 5.56 Å². The summed E-state index contributed by atoms with van der Waals surface area (Å²) in [6.07, 6.45) is 0. The van der Waals surface area contributed by atoms with Crippen LogP contribution in [0, 0.1) is 0 Å². The van der Waals surface area contributed by atoms with E-state index >= 15 is 0 Å². The summed E-state index contributed by atoms with van der Waals surface area (Å²) in [6.45, 7) is 0.564. The molecule has 3 N–H and O–H groups in total. The predicted molar refractivity (Wildman–Crippen MR) is 121 cm³/mol. The van der Waals surface area contributed by atoms with Crippen LogP contribution in [-0.4, -0.2) is 26.3 Å². The number of benzene rings is 3. The molecule has 0 bridgehead atoms. The van der Waals surface area contributed by atoms with Crippen molar-refractivity contribution in [1.29, 1.82) is 0 Å². The molecule has 0 spiro atoms. The van der Waals surface area contributed by atoms with Crippen LogP contribution in [0.15, 0.2) is 77.6 Å². The number of nitrogens with two attached hydrogens (primary N) is 1. The minimum absolute atomic E-state index is 0.190. The van der Waals surface area contributed by atoms with Gasteiger partial charge in [-0.15, -0.1) is 5.10 Å². The molecule has 2 aromatic heterocycles. The molecule has 0 saturated heterocycles. The molecule has 154 valence electrons. The van der Waals surface area contributed by atoms with E-state index in [4.69, 9.17) is 10.5 Å². The van der Waals surface area contributed by atoms with Crippen LogP contribution >= 0.6 is 0 Å². The lowest BCUT2D eigenvalue weighted by Gasteiger charge is -2.11. The maximum Gasteiger partial charge on any atom is 0.355 e. The Balaban J connectivity index is 1.62. The zero-order valence-corrected chi connectivity index (χ0v) is 16.8. The normalized spacial score (nSPS) is 11.1. The molecule has 0 amide bonds. The monoisotopic (exact) mass is 412 g/mol. The van der Waals surface area contributed by atoms with Crippen molar-refractivity contribution in [1.82, 2.24) is 19.2 Å². The number of para-hydroxylation sites is 2. The first-order valence-electron chi connectivity index (χ1n) is 9.78. The van der Waals surface area contributed by atoms with Crippen LogP contribution in [0.3, 0.4) is 0 Å². The summed E-state index contributed by atoms with van der Waals surface area (Å²) >= 11 is 0. The Labute approximate surface area is 177 Å². The van der Waals surface area contributed by atoms with Crippen molar-refractivity contribution >= 4 is 28.2 Å². The first kappa shape index (κ1) is 18.7. The minimum atomic E-state index is -0.301. The zero-order chi connectivity index (χ0) is 21.4. The molecule has 2 heterocycles. The lowest BCUT2D eigenvalue weighted by atomic mass is 10.2. The van der Waals surface area contributed by atoms with E-state index in [0.29, 0.717) is 28.9 Å². The molecular weight excluding hydrogens is 392 g/mol. The molecule has 3 aromatic carbocycles. The fourth-order valence-electron chi connectivity index (χ4n) is 3.61. The quantitative estimate of drug-likeness (QED) is 0.460. The number of anilines is 2. The third-order valence-corrected chi connectivity index (χ3v) is 5.11. The van der Waals surface area contributed by atoms with E-state index in [1.54, 1.807) is 7.11 Å². The van der Waals surface area contributed by atoms with Gasteiger partial charge in [0.15, 0.2) is 5.82 Å². The van der Waals surface area contributed by atoms with E-state index in [0.717, 1.165) is 17.0 Å². The third-order valence-electron chi connectivity index (χ3n) is 5.11. The average molecular weight is 412 g/mol. The molecule has 0 aliphatic heterocycles. The largest absolute Gasteiger partial charge is 0.497 e. The molecule has 0 aliphatic carbocycles. The smallest absolute Gasteiger partial charge is 0.355 e. The van der Waals surface area contributed by atoms with E-state index in [1.807, 2.05) is 72.8 Å². The molecule has 0 radical (unpaired) electrons. The van der Waals surface area contributed by atoms with Crippen molar-refractivity contribution in [3.8, 4) is 11.4 Å². The lowest BCUT2D eigenvalue weighted by Crippen LogP contribution is -2.20. The van der Waals surface area contributed by atoms with Crippen LogP contribution in [0.4, 0.5) is 11.5 Å². The number of fused-ring (bicyclic) bond motifs is 3. The second-order valence-corrected chi connectivity index (χ2v) is 7.06. The summed E-state index contributed by atoms with van der Waals surface area (Å²) in [6, 6.07) is 22.7. The van der Waals surface area contributed by atoms with Gasteiger partial charge in [0.05, 0.1) is 24.0 Å². The number of nitrogens with one attached hydrogen (secondary N) is 1. The number of nitrogens with zero attached hydrogens (tertiary/aromatic N) is 4. The molecule has 8 heteroatoms. The molecule has 0 unspecified atom stereocenters. The summed E-state index contributed by atoms with van der Waals surface area (Å²) in [5.74, 6) is 0.982. The standard InChI is InChI=1S/C23H20N6O2/c1-31-17-10-5-7-15(13-17)14-25-18-11-6-12-19-20(18)26-21(24)22-27-29(23(30)28(19)22)16-8-3-2-4-9-16/h2-13,25H,14H2,1H3,(H2,24,26). The molecule has 8 nitrogen and oxygen atoms in total. The number of nitrogen functional groups attached to an aromatic ring is 1. The highest BCUT2D eigenvalue weighted by Gasteiger charge is 2.17. The summed E-state index contributed by atoms with van der Waals surface area (Å²) < 4.78 is 8.13. The first-order valence-corrected chi connectivity index (χ1v) is 9.78. The van der Waals surface area contributed by atoms with Gasteiger partial charge in [-0.3, -0.25) is 0 Å². The van der Waals surface area contributed by atoms with Crippen LogP contribution in [-0.2, 0) is 6.54 Å². The van der Waals surface area contributed by atoms with Crippen molar-refractivity contribution in [2.75, 3.05) is 18.2 Å². The fraction of sp³-hybridized carbons (Fsp3) is 0.0870. The van der Waals surface area contributed by atoms with Crippen molar-refractivity contribution in [2.45, 2.75) is 6.54 Å². The second-order valence-electron chi connectivity index (χ2n) is 7.06. The van der Waals surface area contributed by atoms with Crippen molar-refractivity contribution in [2.24, 2.45) is 0 Å². The number of aromatic nitrogens is 4. The highest BCUT2D eigenvalue weighted by Crippen LogP contribution is 2.25. The van der Waals surface area contributed by atoms with Crippen LogP contribution in [0.2, 0.25) is 0 Å². The van der Waals surface area contributed by atoms with E-state index in [1.165, 1.54) is 9.08 Å². The molecule has 0 atom stereocenters. The lowest BCUT2D eigenvalue weighted by molar-refractivity contribution is 0.414. The van der Waals surface area contributed by atoms with E-state index in [2.05, 4.69) is 15.4 Å². The molecule has 31 heavy (non-hydrogen) atoms.